The van der Waals surface area contributed by atoms with Gasteiger partial charge >= 0.3 is 0 Å². The maximum absolute atomic E-state index is 11.8. The summed E-state index contributed by atoms with van der Waals surface area (Å²) < 4.78 is 10.5. The Labute approximate surface area is 140 Å². The smallest absolute Gasteiger partial charge is 0.258 e. The fraction of sp³-hybridized carbons (Fsp3) is 0.222. The lowest BCUT2D eigenvalue weighted by Gasteiger charge is -2.09. The number of hydrogen-bond acceptors (Lipinski definition) is 4. The lowest BCUT2D eigenvalue weighted by molar-refractivity contribution is -0.123. The summed E-state index contributed by atoms with van der Waals surface area (Å²) in [6.45, 7) is 0.847. The Balaban J connectivity index is 1.79. The molecule has 0 aliphatic heterocycles. The first-order chi connectivity index (χ1) is 11.6. The molecule has 0 atom stereocenters. The van der Waals surface area contributed by atoms with Gasteiger partial charge < -0.3 is 20.5 Å². The second-order valence-electron chi connectivity index (χ2n) is 5.21. The van der Waals surface area contributed by atoms with Crippen LogP contribution >= 0.6 is 0 Å². The summed E-state index contributed by atoms with van der Waals surface area (Å²) in [7, 11) is 1.64. The number of methoxy groups -OCH3 is 1. The van der Waals surface area contributed by atoms with Crippen LogP contribution < -0.4 is 15.8 Å². The fourth-order valence-corrected chi connectivity index (χ4v) is 2.11. The summed E-state index contributed by atoms with van der Waals surface area (Å²) >= 11 is 0. The maximum Gasteiger partial charge on any atom is 0.258 e. The van der Waals surface area contributed by atoms with E-state index < -0.39 is 5.91 Å². The van der Waals surface area contributed by atoms with E-state index in [9.17, 15) is 9.59 Å². The second-order valence-corrected chi connectivity index (χ2v) is 5.21. The third-order valence-electron chi connectivity index (χ3n) is 3.30. The molecule has 6 heteroatoms. The minimum absolute atomic E-state index is 0.103. The number of amides is 2. The minimum Gasteiger partial charge on any atom is -0.484 e. The molecule has 0 bridgehead atoms. The molecule has 0 aliphatic rings. The van der Waals surface area contributed by atoms with Gasteiger partial charge in [0.1, 0.15) is 5.75 Å². The van der Waals surface area contributed by atoms with E-state index in [1.54, 1.807) is 31.4 Å². The lowest BCUT2D eigenvalue weighted by atomic mass is 10.1. The molecule has 24 heavy (non-hydrogen) atoms. The van der Waals surface area contributed by atoms with Crippen LogP contribution in [0.3, 0.4) is 0 Å². The van der Waals surface area contributed by atoms with Crippen LogP contribution in [0.25, 0.3) is 0 Å². The normalized spacial score (nSPS) is 10.2. The van der Waals surface area contributed by atoms with E-state index in [0.29, 0.717) is 24.5 Å². The molecule has 126 valence electrons. The van der Waals surface area contributed by atoms with Crippen LogP contribution in [0.4, 0.5) is 0 Å². The van der Waals surface area contributed by atoms with E-state index in [1.807, 2.05) is 24.3 Å². The average Bonchev–Trinajstić information content (AvgIpc) is 2.59. The third kappa shape index (κ3) is 5.40. The molecule has 0 aliphatic carbocycles. The molecule has 2 amide bonds. The third-order valence-corrected chi connectivity index (χ3v) is 3.30. The average molecular weight is 328 g/mol. The van der Waals surface area contributed by atoms with E-state index in [4.69, 9.17) is 15.2 Å². The summed E-state index contributed by atoms with van der Waals surface area (Å²) in [6, 6.07) is 14.1. The summed E-state index contributed by atoms with van der Waals surface area (Å²) in [6.07, 6.45) is 0. The molecule has 2 rings (SSSR count). The highest BCUT2D eigenvalue weighted by atomic mass is 16.5. The van der Waals surface area contributed by atoms with Gasteiger partial charge in [0.15, 0.2) is 6.61 Å². The maximum atomic E-state index is 11.8. The zero-order valence-corrected chi connectivity index (χ0v) is 13.5. The van der Waals surface area contributed by atoms with Gasteiger partial charge in [0.2, 0.25) is 5.91 Å². The largest absolute Gasteiger partial charge is 0.484 e. The van der Waals surface area contributed by atoms with Crippen LogP contribution in [-0.2, 0) is 22.7 Å². The number of carbonyl (C=O) groups is 2. The molecule has 2 aromatic rings. The van der Waals surface area contributed by atoms with Gasteiger partial charge in [-0.15, -0.1) is 0 Å². The number of nitrogens with one attached hydrogen (secondary N) is 1. The monoisotopic (exact) mass is 328 g/mol. The Morgan fingerprint density at radius 2 is 1.79 bits per heavy atom. The Morgan fingerprint density at radius 1 is 1.08 bits per heavy atom. The number of rotatable bonds is 8. The number of hydrogen-bond donors (Lipinski definition) is 2. The Bertz CT molecular complexity index is 698. The summed E-state index contributed by atoms with van der Waals surface area (Å²) in [4.78, 5) is 22.8. The van der Waals surface area contributed by atoms with Gasteiger partial charge in [-0.05, 0) is 35.4 Å². The van der Waals surface area contributed by atoms with Crippen LogP contribution in [0.15, 0.2) is 48.5 Å². The summed E-state index contributed by atoms with van der Waals surface area (Å²) in [5.41, 5.74) is 7.59. The molecule has 0 radical (unpaired) electrons. The molecule has 0 fully saturated rings. The molecule has 0 spiro atoms. The van der Waals surface area contributed by atoms with Crippen LogP contribution in [0.2, 0.25) is 0 Å². The first kappa shape index (κ1) is 17.5. The van der Waals surface area contributed by atoms with Gasteiger partial charge in [0.25, 0.3) is 5.91 Å². The molecular weight excluding hydrogens is 308 g/mol. The van der Waals surface area contributed by atoms with Gasteiger partial charge in [0.05, 0.1) is 6.61 Å². The molecular formula is C18H20N2O4. The van der Waals surface area contributed by atoms with E-state index in [1.165, 1.54) is 0 Å². The van der Waals surface area contributed by atoms with Crippen molar-refractivity contribution in [3.05, 3.63) is 65.2 Å². The van der Waals surface area contributed by atoms with Crippen molar-refractivity contribution < 1.29 is 19.1 Å². The van der Waals surface area contributed by atoms with E-state index in [-0.39, 0.29) is 12.5 Å². The van der Waals surface area contributed by atoms with E-state index >= 15 is 0 Å². The number of nitrogens with two attached hydrogens (primary N) is 1. The molecule has 0 saturated carbocycles. The van der Waals surface area contributed by atoms with Crippen molar-refractivity contribution in [3.8, 4) is 5.75 Å². The molecule has 0 aromatic heterocycles. The molecule has 3 N–H and O–H groups in total. The standard InChI is InChI=1S/C18H20N2O4/c1-23-11-14-4-2-3-13(9-14)10-20-17(21)12-24-16-7-5-15(6-8-16)18(19)22/h2-9H,10-12H2,1H3,(H2,19,22)(H,20,21). The van der Waals surface area contributed by atoms with Crippen molar-refractivity contribution >= 4 is 11.8 Å². The molecule has 0 saturated heterocycles. The topological polar surface area (TPSA) is 90.7 Å². The SMILES string of the molecule is COCc1cccc(CNC(=O)COc2ccc(C(N)=O)cc2)c1. The number of primary amides is 1. The number of benzene rings is 2. The quantitative estimate of drug-likeness (QED) is 0.770. The highest BCUT2D eigenvalue weighted by molar-refractivity contribution is 5.92. The van der Waals surface area contributed by atoms with Gasteiger partial charge in [-0.25, -0.2) is 0 Å². The summed E-state index contributed by atoms with van der Waals surface area (Å²) in [5.74, 6) is -0.238. The van der Waals surface area contributed by atoms with Crippen molar-refractivity contribution in [3.63, 3.8) is 0 Å². The molecule has 6 nitrogen and oxygen atoms in total. The van der Waals surface area contributed by atoms with Gasteiger partial charge in [0, 0.05) is 19.2 Å². The van der Waals surface area contributed by atoms with Gasteiger partial charge in [-0.3, -0.25) is 9.59 Å². The Hall–Kier alpha value is -2.86. The highest BCUT2D eigenvalue weighted by Gasteiger charge is 2.05. The predicted molar refractivity (Wildman–Crippen MR) is 89.5 cm³/mol. The lowest BCUT2D eigenvalue weighted by Crippen LogP contribution is -2.28. The van der Waals surface area contributed by atoms with Crippen LogP contribution in [-0.4, -0.2) is 25.5 Å². The van der Waals surface area contributed by atoms with Crippen molar-refractivity contribution in [2.75, 3.05) is 13.7 Å². The first-order valence-electron chi connectivity index (χ1n) is 7.44. The van der Waals surface area contributed by atoms with Crippen LogP contribution in [0.1, 0.15) is 21.5 Å². The molecule has 0 heterocycles. The van der Waals surface area contributed by atoms with E-state index in [2.05, 4.69) is 5.32 Å². The van der Waals surface area contributed by atoms with Crippen molar-refractivity contribution in [1.29, 1.82) is 0 Å². The number of ether oxygens (including phenoxy) is 2. The van der Waals surface area contributed by atoms with Gasteiger partial charge in [-0.2, -0.15) is 0 Å². The molecule has 2 aromatic carbocycles. The zero-order valence-electron chi connectivity index (χ0n) is 13.5. The first-order valence-corrected chi connectivity index (χ1v) is 7.44. The zero-order chi connectivity index (χ0) is 17.4. The molecule has 0 unspecified atom stereocenters. The van der Waals surface area contributed by atoms with Gasteiger partial charge in [-0.1, -0.05) is 24.3 Å². The van der Waals surface area contributed by atoms with Crippen molar-refractivity contribution in [2.45, 2.75) is 13.2 Å². The minimum atomic E-state index is -0.505. The Kier molecular flexibility index (Phi) is 6.33. The van der Waals surface area contributed by atoms with Crippen LogP contribution in [0.5, 0.6) is 5.75 Å². The Morgan fingerprint density at radius 3 is 2.46 bits per heavy atom. The summed E-state index contributed by atoms with van der Waals surface area (Å²) in [5, 5.41) is 2.79. The fourth-order valence-electron chi connectivity index (χ4n) is 2.11. The predicted octanol–water partition coefficient (Wildman–Crippen LogP) is 1.63. The highest BCUT2D eigenvalue weighted by Crippen LogP contribution is 2.11. The van der Waals surface area contributed by atoms with Crippen molar-refractivity contribution in [2.24, 2.45) is 5.73 Å². The van der Waals surface area contributed by atoms with Crippen LogP contribution in [0, 0.1) is 0 Å². The van der Waals surface area contributed by atoms with Crippen molar-refractivity contribution in [1.82, 2.24) is 5.32 Å². The second kappa shape index (κ2) is 8.69. The van der Waals surface area contributed by atoms with E-state index in [0.717, 1.165) is 11.1 Å². The number of carbonyl (C=O) groups excluding carboxylic acids is 2.